The lowest BCUT2D eigenvalue weighted by atomic mass is 10.1. The molecule has 0 radical (unpaired) electrons. The number of hydrogen-bond donors (Lipinski definition) is 0. The molecule has 2 nitrogen and oxygen atoms in total. The molecule has 0 unspecified atom stereocenters. The fourth-order valence-electron chi connectivity index (χ4n) is 2.11. The summed E-state index contributed by atoms with van der Waals surface area (Å²) >= 11 is 5.71. The van der Waals surface area contributed by atoms with Crippen molar-refractivity contribution >= 4 is 17.5 Å². The summed E-state index contributed by atoms with van der Waals surface area (Å²) in [5.41, 5.74) is 0.0227. The van der Waals surface area contributed by atoms with Gasteiger partial charge in [-0.15, -0.1) is 11.6 Å². The lowest BCUT2D eigenvalue weighted by Crippen LogP contribution is -2.41. The van der Waals surface area contributed by atoms with E-state index in [2.05, 4.69) is 0 Å². The van der Waals surface area contributed by atoms with Gasteiger partial charge in [0.05, 0.1) is 0 Å². The quantitative estimate of drug-likeness (QED) is 0.729. The van der Waals surface area contributed by atoms with Crippen LogP contribution in [-0.4, -0.2) is 29.3 Å². The molecule has 0 saturated heterocycles. The molecule has 19 heavy (non-hydrogen) atoms. The standard InChI is InChI=1S/C14H18ClF2NO/c1-3-13(4-2)18(6-5-15)14(19)10-7-11(16)9-12(17)8-10/h7-9,13H,3-6H2,1-2H3. The van der Waals surface area contributed by atoms with Gasteiger partial charge in [-0.05, 0) is 25.0 Å². The van der Waals surface area contributed by atoms with Crippen molar-refractivity contribution in [3.8, 4) is 0 Å². The third-order valence-electron chi connectivity index (χ3n) is 3.08. The normalized spacial score (nSPS) is 10.8. The summed E-state index contributed by atoms with van der Waals surface area (Å²) in [7, 11) is 0. The van der Waals surface area contributed by atoms with E-state index in [0.29, 0.717) is 12.4 Å². The van der Waals surface area contributed by atoms with E-state index in [0.717, 1.165) is 31.0 Å². The molecule has 1 aromatic rings. The first-order valence-corrected chi connectivity index (χ1v) is 6.89. The first-order chi connectivity index (χ1) is 9.03. The van der Waals surface area contributed by atoms with Crippen molar-refractivity contribution in [2.24, 2.45) is 0 Å². The van der Waals surface area contributed by atoms with Gasteiger partial charge in [0.1, 0.15) is 11.6 Å². The van der Waals surface area contributed by atoms with Crippen LogP contribution in [0.15, 0.2) is 18.2 Å². The lowest BCUT2D eigenvalue weighted by molar-refractivity contribution is 0.0680. The van der Waals surface area contributed by atoms with Crippen molar-refractivity contribution in [3.05, 3.63) is 35.4 Å². The molecule has 0 saturated carbocycles. The van der Waals surface area contributed by atoms with Crippen LogP contribution >= 0.6 is 11.6 Å². The molecule has 0 spiro atoms. The number of nitrogens with zero attached hydrogens (tertiary/aromatic N) is 1. The number of alkyl halides is 1. The predicted molar refractivity (Wildman–Crippen MR) is 72.5 cm³/mol. The fourth-order valence-corrected chi connectivity index (χ4v) is 2.30. The molecule has 106 valence electrons. The van der Waals surface area contributed by atoms with Gasteiger partial charge in [0.2, 0.25) is 0 Å². The van der Waals surface area contributed by atoms with Crippen molar-refractivity contribution in [3.63, 3.8) is 0 Å². The Morgan fingerprint density at radius 2 is 1.74 bits per heavy atom. The van der Waals surface area contributed by atoms with E-state index in [1.807, 2.05) is 13.8 Å². The lowest BCUT2D eigenvalue weighted by Gasteiger charge is -2.30. The maximum absolute atomic E-state index is 13.2. The van der Waals surface area contributed by atoms with Gasteiger partial charge in [0.15, 0.2) is 0 Å². The van der Waals surface area contributed by atoms with Gasteiger partial charge in [-0.25, -0.2) is 8.78 Å². The maximum Gasteiger partial charge on any atom is 0.254 e. The average molecular weight is 290 g/mol. The Bertz CT molecular complexity index is 415. The molecule has 0 aliphatic carbocycles. The molecule has 0 aliphatic rings. The molecule has 0 N–H and O–H groups in total. The third kappa shape index (κ3) is 4.16. The molecule has 0 atom stereocenters. The Balaban J connectivity index is 3.04. The number of halogens is 3. The van der Waals surface area contributed by atoms with Crippen LogP contribution in [0, 0.1) is 11.6 Å². The van der Waals surface area contributed by atoms with Crippen LogP contribution in [0.5, 0.6) is 0 Å². The topological polar surface area (TPSA) is 20.3 Å². The highest BCUT2D eigenvalue weighted by Crippen LogP contribution is 2.16. The highest BCUT2D eigenvalue weighted by atomic mass is 35.5. The van der Waals surface area contributed by atoms with Crippen LogP contribution in [-0.2, 0) is 0 Å². The number of carbonyl (C=O) groups is 1. The fraction of sp³-hybridized carbons (Fsp3) is 0.500. The zero-order valence-corrected chi connectivity index (χ0v) is 11.9. The van der Waals surface area contributed by atoms with Crippen LogP contribution in [0.4, 0.5) is 8.78 Å². The van der Waals surface area contributed by atoms with E-state index in [1.54, 1.807) is 4.90 Å². The Labute approximate surface area is 117 Å². The van der Waals surface area contributed by atoms with Crippen LogP contribution in [0.3, 0.4) is 0 Å². The predicted octanol–water partition coefficient (Wildman–Crippen LogP) is 3.83. The summed E-state index contributed by atoms with van der Waals surface area (Å²) in [6.45, 7) is 4.30. The summed E-state index contributed by atoms with van der Waals surface area (Å²) in [4.78, 5) is 13.9. The summed E-state index contributed by atoms with van der Waals surface area (Å²) < 4.78 is 26.3. The largest absolute Gasteiger partial charge is 0.334 e. The molecule has 1 amide bonds. The molecule has 0 aromatic heterocycles. The van der Waals surface area contributed by atoms with Gasteiger partial charge >= 0.3 is 0 Å². The molecule has 0 heterocycles. The van der Waals surface area contributed by atoms with Gasteiger partial charge in [-0.2, -0.15) is 0 Å². The highest BCUT2D eigenvalue weighted by Gasteiger charge is 2.22. The van der Waals surface area contributed by atoms with Crippen molar-refractivity contribution in [1.82, 2.24) is 4.90 Å². The minimum absolute atomic E-state index is 0.0227. The Morgan fingerprint density at radius 1 is 1.21 bits per heavy atom. The Morgan fingerprint density at radius 3 is 2.16 bits per heavy atom. The van der Waals surface area contributed by atoms with Crippen LogP contribution in [0.1, 0.15) is 37.0 Å². The Kier molecular flexibility index (Phi) is 6.22. The number of carbonyl (C=O) groups excluding carboxylic acids is 1. The maximum atomic E-state index is 13.2. The second-order valence-corrected chi connectivity index (χ2v) is 4.69. The van der Waals surface area contributed by atoms with E-state index in [4.69, 9.17) is 11.6 Å². The number of rotatable bonds is 6. The first-order valence-electron chi connectivity index (χ1n) is 6.36. The van der Waals surface area contributed by atoms with Gasteiger partial charge in [0.25, 0.3) is 5.91 Å². The van der Waals surface area contributed by atoms with Crippen LogP contribution in [0.25, 0.3) is 0 Å². The van der Waals surface area contributed by atoms with Gasteiger partial charge in [-0.1, -0.05) is 13.8 Å². The first kappa shape index (κ1) is 15.9. The average Bonchev–Trinajstić information content (AvgIpc) is 2.37. The minimum atomic E-state index is -0.751. The number of benzene rings is 1. The molecule has 5 heteroatoms. The molecule has 1 rings (SSSR count). The highest BCUT2D eigenvalue weighted by molar-refractivity contribution is 6.18. The van der Waals surface area contributed by atoms with E-state index in [9.17, 15) is 13.6 Å². The monoisotopic (exact) mass is 289 g/mol. The minimum Gasteiger partial charge on any atom is -0.334 e. The molecule has 1 aromatic carbocycles. The molecule has 0 bridgehead atoms. The zero-order valence-electron chi connectivity index (χ0n) is 11.1. The summed E-state index contributed by atoms with van der Waals surface area (Å²) in [5, 5.41) is 0. The molecule has 0 fully saturated rings. The van der Waals surface area contributed by atoms with E-state index >= 15 is 0 Å². The van der Waals surface area contributed by atoms with Crippen molar-refractivity contribution in [2.45, 2.75) is 32.7 Å². The summed E-state index contributed by atoms with van der Waals surface area (Å²) in [5.74, 6) is -1.59. The van der Waals surface area contributed by atoms with E-state index in [1.165, 1.54) is 0 Å². The van der Waals surface area contributed by atoms with E-state index in [-0.39, 0.29) is 17.5 Å². The second-order valence-electron chi connectivity index (χ2n) is 4.32. The van der Waals surface area contributed by atoms with Crippen molar-refractivity contribution < 1.29 is 13.6 Å². The molecule has 0 aliphatic heterocycles. The third-order valence-corrected chi connectivity index (χ3v) is 3.25. The van der Waals surface area contributed by atoms with Gasteiger partial charge in [-0.3, -0.25) is 4.79 Å². The molecular weight excluding hydrogens is 272 g/mol. The number of hydrogen-bond acceptors (Lipinski definition) is 1. The smallest absolute Gasteiger partial charge is 0.254 e. The van der Waals surface area contributed by atoms with Gasteiger partial charge < -0.3 is 4.90 Å². The molecular formula is C14H18ClF2NO. The van der Waals surface area contributed by atoms with Crippen molar-refractivity contribution in [2.75, 3.05) is 12.4 Å². The Hall–Kier alpha value is -1.16. The number of amides is 1. The SMILES string of the molecule is CCC(CC)N(CCCl)C(=O)c1cc(F)cc(F)c1. The van der Waals surface area contributed by atoms with Crippen molar-refractivity contribution in [1.29, 1.82) is 0 Å². The van der Waals surface area contributed by atoms with Gasteiger partial charge in [0, 0.05) is 30.1 Å². The summed E-state index contributed by atoms with van der Waals surface area (Å²) in [6, 6.07) is 2.88. The zero-order chi connectivity index (χ0) is 14.4. The summed E-state index contributed by atoms with van der Waals surface area (Å²) in [6.07, 6.45) is 1.55. The second kappa shape index (κ2) is 7.43. The van der Waals surface area contributed by atoms with Crippen LogP contribution in [0.2, 0.25) is 0 Å². The van der Waals surface area contributed by atoms with E-state index < -0.39 is 11.6 Å². The van der Waals surface area contributed by atoms with Crippen LogP contribution < -0.4 is 0 Å².